The molecule has 0 bridgehead atoms. The van der Waals surface area contributed by atoms with Gasteiger partial charge >= 0.3 is 0 Å². The summed E-state index contributed by atoms with van der Waals surface area (Å²) >= 11 is 0. The minimum Gasteiger partial charge on any atom is -0.497 e. The van der Waals surface area contributed by atoms with Crippen LogP contribution in [0.1, 0.15) is 21.5 Å². The van der Waals surface area contributed by atoms with Crippen molar-refractivity contribution in [3.8, 4) is 5.75 Å². The molecule has 1 N–H and O–H groups in total. The third-order valence-electron chi connectivity index (χ3n) is 7.09. The lowest BCUT2D eigenvalue weighted by molar-refractivity contribution is -0.119. The van der Waals surface area contributed by atoms with E-state index in [1.54, 1.807) is 61.8 Å². The van der Waals surface area contributed by atoms with Gasteiger partial charge in [0.05, 0.1) is 23.9 Å². The van der Waals surface area contributed by atoms with Crippen molar-refractivity contribution < 1.29 is 22.7 Å². The highest BCUT2D eigenvalue weighted by molar-refractivity contribution is 7.89. The molecule has 0 unspecified atom stereocenters. The number of benzene rings is 3. The summed E-state index contributed by atoms with van der Waals surface area (Å²) in [4.78, 5) is 34.1. The highest BCUT2D eigenvalue weighted by Gasteiger charge is 2.30. The van der Waals surface area contributed by atoms with Crippen LogP contribution in [0.3, 0.4) is 0 Å². The average molecular weight is 571 g/mol. The normalized spacial score (nSPS) is 13.4. The Morgan fingerprint density at radius 3 is 2.51 bits per heavy atom. The summed E-state index contributed by atoms with van der Waals surface area (Å²) in [7, 11) is -1.04. The second-order valence-corrected chi connectivity index (χ2v) is 11.4. The zero-order valence-corrected chi connectivity index (χ0v) is 23.5. The van der Waals surface area contributed by atoms with E-state index in [0.717, 1.165) is 16.8 Å². The Bertz CT molecular complexity index is 1660. The van der Waals surface area contributed by atoms with E-state index in [9.17, 15) is 18.0 Å². The maximum absolute atomic E-state index is 13.7. The van der Waals surface area contributed by atoms with Gasteiger partial charge in [0.1, 0.15) is 11.8 Å². The van der Waals surface area contributed by atoms with Crippen LogP contribution in [0.2, 0.25) is 0 Å². The molecule has 10 heteroatoms. The van der Waals surface area contributed by atoms with E-state index in [1.807, 2.05) is 36.4 Å². The molecule has 0 fully saturated rings. The zero-order chi connectivity index (χ0) is 29.0. The number of anilines is 2. The van der Waals surface area contributed by atoms with E-state index in [4.69, 9.17) is 4.74 Å². The fraction of sp³-hybridized carbons (Fsp3) is 0.194. The van der Waals surface area contributed by atoms with Crippen molar-refractivity contribution in [2.75, 3.05) is 30.5 Å². The van der Waals surface area contributed by atoms with Crippen LogP contribution in [0.5, 0.6) is 5.75 Å². The molecule has 5 rings (SSSR count). The molecule has 1 aliphatic heterocycles. The molecule has 0 saturated carbocycles. The number of methoxy groups -OCH3 is 1. The molecule has 1 aliphatic rings. The number of likely N-dealkylation sites (N-methyl/N-ethyl adjacent to an activating group) is 1. The highest BCUT2D eigenvalue weighted by Crippen LogP contribution is 2.28. The number of carbonyl (C=O) groups excluding carboxylic acids is 2. The standard InChI is InChI=1S/C31H30N4O5S/c1-34(25-11-13-26(40-2)14-12-25)31(37)28(19-22-7-4-3-5-8-22)33-41(38,39)27-10-6-9-24(20-27)30(36)35-18-16-23-15-17-32-21-29(23)35/h3-15,17,20-21,28,33H,16,18-19H2,1-2H3/t28-/m0/s1. The van der Waals surface area contributed by atoms with E-state index in [-0.39, 0.29) is 22.8 Å². The van der Waals surface area contributed by atoms with Gasteiger partial charge in [-0.05, 0) is 72.5 Å². The highest BCUT2D eigenvalue weighted by atomic mass is 32.2. The predicted molar refractivity (Wildman–Crippen MR) is 157 cm³/mol. The molecular weight excluding hydrogens is 540 g/mol. The second kappa shape index (κ2) is 11.9. The lowest BCUT2D eigenvalue weighted by atomic mass is 10.1. The Hall–Kier alpha value is -4.54. The molecule has 0 radical (unpaired) electrons. The van der Waals surface area contributed by atoms with Crippen LogP contribution in [0, 0.1) is 0 Å². The fourth-order valence-electron chi connectivity index (χ4n) is 4.84. The van der Waals surface area contributed by atoms with Gasteiger partial charge in [0, 0.05) is 31.0 Å². The number of aromatic nitrogens is 1. The number of rotatable bonds is 9. The van der Waals surface area contributed by atoms with E-state index in [1.165, 1.54) is 23.1 Å². The van der Waals surface area contributed by atoms with Crippen LogP contribution in [0.15, 0.2) is 102 Å². The first-order valence-electron chi connectivity index (χ1n) is 13.1. The molecular formula is C31H30N4O5S. The minimum absolute atomic E-state index is 0.105. The number of nitrogens with zero attached hydrogens (tertiary/aromatic N) is 3. The van der Waals surface area contributed by atoms with Crippen LogP contribution in [0.25, 0.3) is 0 Å². The molecule has 2 amide bonds. The van der Waals surface area contributed by atoms with Gasteiger partial charge in [0.15, 0.2) is 0 Å². The van der Waals surface area contributed by atoms with Crippen molar-refractivity contribution in [3.05, 3.63) is 114 Å². The lowest BCUT2D eigenvalue weighted by Gasteiger charge is -2.25. The van der Waals surface area contributed by atoms with Gasteiger partial charge in [0.25, 0.3) is 5.91 Å². The largest absolute Gasteiger partial charge is 0.497 e. The van der Waals surface area contributed by atoms with Gasteiger partial charge in [-0.1, -0.05) is 36.4 Å². The van der Waals surface area contributed by atoms with Gasteiger partial charge in [-0.25, -0.2) is 8.42 Å². The zero-order valence-electron chi connectivity index (χ0n) is 22.7. The molecule has 0 saturated heterocycles. The van der Waals surface area contributed by atoms with Crippen molar-refractivity contribution in [2.45, 2.75) is 23.8 Å². The number of ether oxygens (including phenoxy) is 1. The Morgan fingerprint density at radius 2 is 1.78 bits per heavy atom. The van der Waals surface area contributed by atoms with E-state index < -0.39 is 22.0 Å². The summed E-state index contributed by atoms with van der Waals surface area (Å²) in [5.74, 6) is -0.111. The Balaban J connectivity index is 1.41. The summed E-state index contributed by atoms with van der Waals surface area (Å²) in [5, 5.41) is 0. The average Bonchev–Trinajstić information content (AvgIpc) is 3.44. The third-order valence-corrected chi connectivity index (χ3v) is 8.56. The van der Waals surface area contributed by atoms with Crippen LogP contribution >= 0.6 is 0 Å². The van der Waals surface area contributed by atoms with Gasteiger partial charge in [-0.15, -0.1) is 0 Å². The number of hydrogen-bond acceptors (Lipinski definition) is 6. The van der Waals surface area contributed by atoms with Crippen molar-refractivity contribution in [3.63, 3.8) is 0 Å². The van der Waals surface area contributed by atoms with Gasteiger partial charge in [0.2, 0.25) is 15.9 Å². The first kappa shape index (κ1) is 28.0. The maximum atomic E-state index is 13.7. The molecule has 3 aromatic carbocycles. The first-order valence-corrected chi connectivity index (χ1v) is 14.6. The molecule has 0 spiro atoms. The molecule has 2 heterocycles. The summed E-state index contributed by atoms with van der Waals surface area (Å²) in [5.41, 5.74) is 3.34. The van der Waals surface area contributed by atoms with Crippen LogP contribution < -0.4 is 19.3 Å². The Morgan fingerprint density at radius 1 is 1.02 bits per heavy atom. The van der Waals surface area contributed by atoms with E-state index in [0.29, 0.717) is 24.4 Å². The number of carbonyl (C=O) groups is 2. The Labute approximate surface area is 239 Å². The van der Waals surface area contributed by atoms with E-state index in [2.05, 4.69) is 9.71 Å². The predicted octanol–water partition coefficient (Wildman–Crippen LogP) is 3.85. The van der Waals surface area contributed by atoms with Crippen LogP contribution in [0.4, 0.5) is 11.4 Å². The van der Waals surface area contributed by atoms with Crippen molar-refractivity contribution in [1.82, 2.24) is 9.71 Å². The molecule has 0 aliphatic carbocycles. The van der Waals surface area contributed by atoms with Crippen LogP contribution in [-0.2, 0) is 27.7 Å². The number of hydrogen-bond donors (Lipinski definition) is 1. The summed E-state index contributed by atoms with van der Waals surface area (Å²) in [6, 6.07) is 22.7. The van der Waals surface area contributed by atoms with Crippen molar-refractivity contribution in [1.29, 1.82) is 0 Å². The van der Waals surface area contributed by atoms with Gasteiger partial charge in [-0.3, -0.25) is 14.6 Å². The summed E-state index contributed by atoms with van der Waals surface area (Å²) in [6.07, 6.45) is 4.16. The van der Waals surface area contributed by atoms with Crippen molar-refractivity contribution in [2.24, 2.45) is 0 Å². The van der Waals surface area contributed by atoms with Crippen LogP contribution in [-0.4, -0.2) is 52.0 Å². The SMILES string of the molecule is COc1ccc(N(C)C(=O)[C@H](Cc2ccccc2)NS(=O)(=O)c2cccc(C(=O)N3CCc4ccncc43)c2)cc1. The van der Waals surface area contributed by atoms with E-state index >= 15 is 0 Å². The maximum Gasteiger partial charge on any atom is 0.258 e. The summed E-state index contributed by atoms with van der Waals surface area (Å²) < 4.78 is 35.1. The molecule has 1 aromatic heterocycles. The Kier molecular flexibility index (Phi) is 8.14. The third kappa shape index (κ3) is 6.13. The lowest BCUT2D eigenvalue weighted by Crippen LogP contribution is -2.48. The molecule has 9 nitrogen and oxygen atoms in total. The van der Waals surface area contributed by atoms with Gasteiger partial charge < -0.3 is 14.5 Å². The molecule has 210 valence electrons. The quantitative estimate of drug-likeness (QED) is 0.328. The molecule has 1 atom stereocenters. The second-order valence-electron chi connectivity index (χ2n) is 9.70. The number of pyridine rings is 1. The minimum atomic E-state index is -4.19. The smallest absolute Gasteiger partial charge is 0.258 e. The number of sulfonamides is 1. The molecule has 4 aromatic rings. The van der Waals surface area contributed by atoms with Gasteiger partial charge in [-0.2, -0.15) is 4.72 Å². The topological polar surface area (TPSA) is 109 Å². The first-order chi connectivity index (χ1) is 19.8. The van der Waals surface area contributed by atoms with Crippen molar-refractivity contribution >= 4 is 33.2 Å². The monoisotopic (exact) mass is 570 g/mol. The number of nitrogens with one attached hydrogen (secondary N) is 1. The number of amides is 2. The molecule has 41 heavy (non-hydrogen) atoms. The number of fused-ring (bicyclic) bond motifs is 1. The fourth-order valence-corrected chi connectivity index (χ4v) is 6.07. The summed E-state index contributed by atoms with van der Waals surface area (Å²) in [6.45, 7) is 0.487.